The SMILES string of the molecule is CCC.Cn1cc(Br)cc(Nc2ccc(N3CCN(C4COC4)CC3(C)C)cn2)c1=O. The number of hydrogen-bond acceptors (Lipinski definition) is 6. The van der Waals surface area contributed by atoms with E-state index in [4.69, 9.17) is 4.74 Å². The molecule has 0 atom stereocenters. The van der Waals surface area contributed by atoms with Crippen molar-refractivity contribution in [3.8, 4) is 0 Å². The number of anilines is 3. The highest BCUT2D eigenvalue weighted by Gasteiger charge is 2.38. The van der Waals surface area contributed by atoms with Gasteiger partial charge in [-0.1, -0.05) is 20.3 Å². The summed E-state index contributed by atoms with van der Waals surface area (Å²) in [6.45, 7) is 13.5. The number of pyridine rings is 2. The summed E-state index contributed by atoms with van der Waals surface area (Å²) in [5, 5.41) is 3.13. The lowest BCUT2D eigenvalue weighted by molar-refractivity contribution is -0.0741. The first-order valence-electron chi connectivity index (χ1n) is 10.9. The minimum atomic E-state index is -0.0914. The van der Waals surface area contributed by atoms with E-state index in [0.717, 1.165) is 43.0 Å². The molecule has 170 valence electrons. The molecule has 7 nitrogen and oxygen atoms in total. The largest absolute Gasteiger partial charge is 0.378 e. The standard InChI is InChI=1S/C20H26BrN5O2.C3H8/c1-20(2)13-25(16-11-28-12-16)6-7-26(20)15-4-5-18(22-9-15)23-17-8-14(21)10-24(3)19(17)27;1-3-2/h4-5,8-10,16H,6-7,11-13H2,1-3H3,(H,22,23);3H2,1-2H3. The van der Waals surface area contributed by atoms with Crippen LogP contribution in [0.4, 0.5) is 17.2 Å². The molecular weight excluding hydrogens is 458 g/mol. The molecule has 0 bridgehead atoms. The fourth-order valence-corrected chi connectivity index (χ4v) is 4.47. The molecule has 2 aromatic heterocycles. The summed E-state index contributed by atoms with van der Waals surface area (Å²) >= 11 is 3.42. The number of nitrogens with one attached hydrogen (secondary N) is 1. The van der Waals surface area contributed by atoms with Crippen LogP contribution in [0.15, 0.2) is 39.9 Å². The summed E-state index contributed by atoms with van der Waals surface area (Å²) in [4.78, 5) is 21.8. The zero-order valence-corrected chi connectivity index (χ0v) is 20.8. The van der Waals surface area contributed by atoms with E-state index < -0.39 is 0 Å². The average Bonchev–Trinajstić information content (AvgIpc) is 2.65. The van der Waals surface area contributed by atoms with E-state index in [-0.39, 0.29) is 11.1 Å². The number of piperazine rings is 1. The molecule has 0 amide bonds. The first-order chi connectivity index (χ1) is 14.7. The smallest absolute Gasteiger partial charge is 0.274 e. The number of hydrogen-bond donors (Lipinski definition) is 1. The minimum absolute atomic E-state index is 0.0186. The second kappa shape index (κ2) is 10.1. The van der Waals surface area contributed by atoms with E-state index in [9.17, 15) is 4.79 Å². The number of aromatic nitrogens is 2. The van der Waals surface area contributed by atoms with Crippen LogP contribution in [0.3, 0.4) is 0 Å². The highest BCUT2D eigenvalue weighted by Crippen LogP contribution is 2.30. The maximum atomic E-state index is 12.3. The van der Waals surface area contributed by atoms with Crippen LogP contribution < -0.4 is 15.8 Å². The average molecular weight is 492 g/mol. The van der Waals surface area contributed by atoms with Crippen molar-refractivity contribution >= 4 is 33.1 Å². The van der Waals surface area contributed by atoms with Gasteiger partial charge >= 0.3 is 0 Å². The summed E-state index contributed by atoms with van der Waals surface area (Å²) < 4.78 is 7.73. The quantitative estimate of drug-likeness (QED) is 0.697. The van der Waals surface area contributed by atoms with E-state index in [2.05, 4.69) is 69.8 Å². The van der Waals surface area contributed by atoms with Gasteiger partial charge in [-0.3, -0.25) is 9.69 Å². The second-order valence-electron chi connectivity index (χ2n) is 8.85. The molecule has 0 aromatic carbocycles. The maximum Gasteiger partial charge on any atom is 0.274 e. The van der Waals surface area contributed by atoms with Crippen LogP contribution in [-0.2, 0) is 11.8 Å². The molecule has 4 rings (SSSR count). The van der Waals surface area contributed by atoms with E-state index in [1.165, 1.54) is 11.0 Å². The predicted molar refractivity (Wildman–Crippen MR) is 130 cm³/mol. The summed E-state index contributed by atoms with van der Waals surface area (Å²) in [7, 11) is 1.73. The van der Waals surface area contributed by atoms with Crippen LogP contribution in [0.25, 0.3) is 0 Å². The zero-order chi connectivity index (χ0) is 22.6. The summed E-state index contributed by atoms with van der Waals surface area (Å²) in [6, 6.07) is 6.34. The van der Waals surface area contributed by atoms with E-state index in [1.54, 1.807) is 19.3 Å². The van der Waals surface area contributed by atoms with Crippen LogP contribution in [0.2, 0.25) is 0 Å². The third-order valence-electron chi connectivity index (χ3n) is 5.54. The Bertz CT molecular complexity index is 925. The lowest BCUT2D eigenvalue weighted by atomic mass is 9.96. The molecule has 2 aliphatic heterocycles. The number of nitrogens with zero attached hydrogens (tertiary/aromatic N) is 4. The maximum absolute atomic E-state index is 12.3. The molecule has 31 heavy (non-hydrogen) atoms. The van der Waals surface area contributed by atoms with Gasteiger partial charge < -0.3 is 19.5 Å². The molecule has 2 saturated heterocycles. The fourth-order valence-electron chi connectivity index (χ4n) is 3.93. The Kier molecular flexibility index (Phi) is 7.78. The second-order valence-corrected chi connectivity index (χ2v) is 9.76. The first kappa shape index (κ1) is 23.8. The van der Waals surface area contributed by atoms with E-state index in [0.29, 0.717) is 17.5 Å². The van der Waals surface area contributed by atoms with Crippen LogP contribution in [0.5, 0.6) is 0 Å². The van der Waals surface area contributed by atoms with Crippen molar-refractivity contribution in [3.05, 3.63) is 45.4 Å². The Morgan fingerprint density at radius 2 is 1.97 bits per heavy atom. The Morgan fingerprint density at radius 1 is 1.26 bits per heavy atom. The molecule has 2 aliphatic rings. The summed E-state index contributed by atoms with van der Waals surface area (Å²) in [5.74, 6) is 0.655. The molecule has 0 radical (unpaired) electrons. The predicted octanol–water partition coefficient (Wildman–Crippen LogP) is 4.00. The van der Waals surface area contributed by atoms with Gasteiger partial charge in [0.05, 0.1) is 31.1 Å². The van der Waals surface area contributed by atoms with Gasteiger partial charge in [-0.25, -0.2) is 4.98 Å². The Morgan fingerprint density at radius 3 is 2.52 bits per heavy atom. The van der Waals surface area contributed by atoms with Gasteiger partial charge in [0.15, 0.2) is 0 Å². The molecule has 0 spiro atoms. The number of ether oxygens (including phenoxy) is 1. The Labute approximate surface area is 193 Å². The topological polar surface area (TPSA) is 62.6 Å². The summed E-state index contributed by atoms with van der Waals surface area (Å²) in [5.41, 5.74) is 1.52. The van der Waals surface area contributed by atoms with Gasteiger partial charge in [0.2, 0.25) is 0 Å². The highest BCUT2D eigenvalue weighted by atomic mass is 79.9. The molecular formula is C23H34BrN5O2. The van der Waals surface area contributed by atoms with Gasteiger partial charge in [0.25, 0.3) is 5.56 Å². The van der Waals surface area contributed by atoms with Gasteiger partial charge in [0.1, 0.15) is 11.5 Å². The van der Waals surface area contributed by atoms with Crippen molar-refractivity contribution in [2.24, 2.45) is 7.05 Å². The third-order valence-corrected chi connectivity index (χ3v) is 5.97. The van der Waals surface area contributed by atoms with Crippen molar-refractivity contribution in [1.29, 1.82) is 0 Å². The Balaban J connectivity index is 0.000000858. The van der Waals surface area contributed by atoms with Crippen molar-refractivity contribution in [3.63, 3.8) is 0 Å². The number of halogens is 1. The minimum Gasteiger partial charge on any atom is -0.378 e. The lowest BCUT2D eigenvalue weighted by Crippen LogP contribution is -2.64. The molecule has 0 saturated carbocycles. The molecule has 2 aromatic rings. The van der Waals surface area contributed by atoms with E-state index in [1.807, 2.05) is 12.3 Å². The first-order valence-corrected chi connectivity index (χ1v) is 11.7. The zero-order valence-electron chi connectivity index (χ0n) is 19.2. The normalized spacial score (nSPS) is 18.7. The van der Waals surface area contributed by atoms with Crippen LogP contribution in [0, 0.1) is 0 Å². The van der Waals surface area contributed by atoms with E-state index >= 15 is 0 Å². The molecule has 1 N–H and O–H groups in total. The van der Waals surface area contributed by atoms with Crippen molar-refractivity contribution in [2.75, 3.05) is 43.1 Å². The summed E-state index contributed by atoms with van der Waals surface area (Å²) in [6.07, 6.45) is 4.87. The van der Waals surface area contributed by atoms with Gasteiger partial charge in [0, 0.05) is 42.9 Å². The third kappa shape index (κ3) is 5.67. The highest BCUT2D eigenvalue weighted by molar-refractivity contribution is 9.10. The van der Waals surface area contributed by atoms with Crippen LogP contribution in [-0.4, -0.2) is 58.9 Å². The molecule has 0 aliphatic carbocycles. The van der Waals surface area contributed by atoms with Crippen LogP contribution in [0.1, 0.15) is 34.1 Å². The molecule has 4 heterocycles. The van der Waals surface area contributed by atoms with Crippen molar-refractivity contribution in [2.45, 2.75) is 45.7 Å². The van der Waals surface area contributed by atoms with Crippen LogP contribution >= 0.6 is 15.9 Å². The van der Waals surface area contributed by atoms with Gasteiger partial charge in [-0.15, -0.1) is 0 Å². The lowest BCUT2D eigenvalue weighted by Gasteiger charge is -2.51. The van der Waals surface area contributed by atoms with Gasteiger partial charge in [-0.05, 0) is 48.0 Å². The number of rotatable bonds is 4. The van der Waals surface area contributed by atoms with Crippen molar-refractivity contribution < 1.29 is 4.74 Å². The Hall–Kier alpha value is -1.90. The number of aryl methyl sites for hydroxylation is 1. The monoisotopic (exact) mass is 491 g/mol. The fraction of sp³-hybridized carbons (Fsp3) is 0.565. The molecule has 2 fully saturated rings. The van der Waals surface area contributed by atoms with Crippen molar-refractivity contribution in [1.82, 2.24) is 14.5 Å². The molecule has 8 heteroatoms. The molecule has 0 unspecified atom stereocenters. The van der Waals surface area contributed by atoms with Gasteiger partial charge in [-0.2, -0.15) is 0 Å².